The minimum atomic E-state index is -1.13. The number of hydrogen-bond acceptors (Lipinski definition) is 7. The van der Waals surface area contributed by atoms with Gasteiger partial charge in [-0.05, 0) is 5.41 Å². The fourth-order valence-electron chi connectivity index (χ4n) is 3.18. The van der Waals surface area contributed by atoms with E-state index in [0.717, 1.165) is 6.07 Å². The van der Waals surface area contributed by atoms with E-state index in [1.165, 1.54) is 10.7 Å². The number of carbonyl (C=O) groups is 1. The van der Waals surface area contributed by atoms with Crippen molar-refractivity contribution in [2.45, 2.75) is 20.8 Å². The third-order valence-electron chi connectivity index (χ3n) is 4.73. The van der Waals surface area contributed by atoms with E-state index in [0.29, 0.717) is 12.4 Å². The topological polar surface area (TPSA) is 102 Å². The quantitative estimate of drug-likeness (QED) is 0.553. The van der Waals surface area contributed by atoms with Gasteiger partial charge in [0.2, 0.25) is 0 Å². The Bertz CT molecular complexity index is 1190. The highest BCUT2D eigenvalue weighted by Crippen LogP contribution is 2.42. The Labute approximate surface area is 183 Å². The second kappa shape index (κ2) is 8.13. The van der Waals surface area contributed by atoms with Gasteiger partial charge in [0.25, 0.3) is 5.91 Å². The molecule has 3 N–H and O–H groups in total. The zero-order valence-corrected chi connectivity index (χ0v) is 18.2. The Morgan fingerprint density at radius 3 is 2.69 bits per heavy atom. The fraction of sp³-hybridized carbons (Fsp3) is 0.381. The molecule has 3 aromatic rings. The largest absolute Gasteiger partial charge is 0.486 e. The monoisotopic (exact) mass is 446 g/mol. The molecule has 9 nitrogen and oxygen atoms in total. The number of nitrogens with one attached hydrogen (secondary N) is 3. The van der Waals surface area contributed by atoms with Crippen LogP contribution in [0.15, 0.2) is 18.3 Å². The zero-order chi connectivity index (χ0) is 23.0. The predicted octanol–water partition coefficient (Wildman–Crippen LogP) is 3.34. The average Bonchev–Trinajstić information content (AvgIpc) is 3.18. The molecule has 0 radical (unpaired) electrons. The lowest BCUT2D eigenvalue weighted by Gasteiger charge is -2.22. The molecule has 1 aromatic carbocycles. The molecule has 11 heteroatoms. The molecule has 1 aliphatic rings. The van der Waals surface area contributed by atoms with Crippen LogP contribution in [0.3, 0.4) is 0 Å². The van der Waals surface area contributed by atoms with Gasteiger partial charge in [-0.1, -0.05) is 20.8 Å². The predicted molar refractivity (Wildman–Crippen MR) is 115 cm³/mol. The lowest BCUT2D eigenvalue weighted by Crippen LogP contribution is -2.32. The van der Waals surface area contributed by atoms with E-state index in [1.807, 2.05) is 20.8 Å². The first-order chi connectivity index (χ1) is 15.2. The van der Waals surface area contributed by atoms with Gasteiger partial charge in [0.05, 0.1) is 6.20 Å². The first kappa shape index (κ1) is 21.6. The molecule has 1 amide bonds. The first-order valence-corrected chi connectivity index (χ1v) is 10.1. The Balaban J connectivity index is 1.75. The molecule has 32 heavy (non-hydrogen) atoms. The molecule has 170 valence electrons. The lowest BCUT2D eigenvalue weighted by molar-refractivity contribution is 0.0940. The van der Waals surface area contributed by atoms with E-state index in [1.54, 1.807) is 13.1 Å². The summed E-state index contributed by atoms with van der Waals surface area (Å²) in [7, 11) is 1.67. The highest BCUT2D eigenvalue weighted by molar-refractivity contribution is 6.00. The number of fused-ring (bicyclic) bond motifs is 2. The molecule has 0 aliphatic carbocycles. The minimum Gasteiger partial charge on any atom is -0.486 e. The Morgan fingerprint density at radius 1 is 1.22 bits per heavy atom. The molecule has 2 aromatic heterocycles. The number of halogens is 2. The van der Waals surface area contributed by atoms with Crippen molar-refractivity contribution >= 4 is 28.9 Å². The number of aromatic nitrogens is 3. The third-order valence-corrected chi connectivity index (χ3v) is 4.73. The molecule has 1 aliphatic heterocycles. The molecule has 0 saturated carbocycles. The molecule has 0 saturated heterocycles. The number of hydrogen-bond donors (Lipinski definition) is 3. The van der Waals surface area contributed by atoms with E-state index in [2.05, 4.69) is 26.0 Å². The molecule has 0 spiro atoms. The summed E-state index contributed by atoms with van der Waals surface area (Å²) in [5, 5.41) is 12.8. The number of ether oxygens (including phenoxy) is 2. The second-order valence-electron chi connectivity index (χ2n) is 8.51. The van der Waals surface area contributed by atoms with Crippen molar-refractivity contribution in [2.24, 2.45) is 5.41 Å². The SMILES string of the molecule is CNc1cc(Nc2c(F)c(F)cc3c2OCCO3)nc2c(C(=O)NCC(C)(C)C)cnn12. The van der Waals surface area contributed by atoms with Crippen LogP contribution in [0.4, 0.5) is 26.1 Å². The number of benzene rings is 1. The fourth-order valence-corrected chi connectivity index (χ4v) is 3.18. The molecular formula is C21H24F2N6O3. The zero-order valence-electron chi connectivity index (χ0n) is 18.2. The maximum atomic E-state index is 14.6. The number of nitrogens with zero attached hydrogens (tertiary/aromatic N) is 3. The van der Waals surface area contributed by atoms with Crippen molar-refractivity contribution < 1.29 is 23.0 Å². The van der Waals surface area contributed by atoms with Crippen LogP contribution in [-0.4, -0.2) is 47.3 Å². The van der Waals surface area contributed by atoms with Crippen LogP contribution in [0.25, 0.3) is 5.65 Å². The summed E-state index contributed by atoms with van der Waals surface area (Å²) in [5.74, 6) is -1.76. The summed E-state index contributed by atoms with van der Waals surface area (Å²) in [6.45, 7) is 6.89. The van der Waals surface area contributed by atoms with Crippen LogP contribution >= 0.6 is 0 Å². The van der Waals surface area contributed by atoms with Crippen molar-refractivity contribution in [1.82, 2.24) is 19.9 Å². The van der Waals surface area contributed by atoms with Crippen molar-refractivity contribution in [3.05, 3.63) is 35.5 Å². The summed E-state index contributed by atoms with van der Waals surface area (Å²) < 4.78 is 41.1. The highest BCUT2D eigenvalue weighted by Gasteiger charge is 2.25. The van der Waals surface area contributed by atoms with Gasteiger partial charge in [-0.3, -0.25) is 4.79 Å². The smallest absolute Gasteiger partial charge is 0.256 e. The molecule has 0 fully saturated rings. The Kier molecular flexibility index (Phi) is 5.49. The summed E-state index contributed by atoms with van der Waals surface area (Å²) in [6, 6.07) is 2.50. The van der Waals surface area contributed by atoms with Gasteiger partial charge in [-0.25, -0.2) is 13.8 Å². The molecular weight excluding hydrogens is 422 g/mol. The van der Waals surface area contributed by atoms with E-state index in [9.17, 15) is 13.6 Å². The highest BCUT2D eigenvalue weighted by atomic mass is 19.2. The molecule has 0 bridgehead atoms. The number of amides is 1. The molecule has 4 rings (SSSR count). The standard InChI is InChI=1S/C21H24F2N6O3/c1-21(2,3)10-25-20(30)11-9-26-29-15(24-4)8-14(28-19(11)29)27-17-16(23)12(22)7-13-18(17)32-6-5-31-13/h7-9,24H,5-6,10H2,1-4H3,(H,25,30)(H,27,28). The summed E-state index contributed by atoms with van der Waals surface area (Å²) >= 11 is 0. The van der Waals surface area contributed by atoms with Crippen LogP contribution < -0.4 is 25.4 Å². The van der Waals surface area contributed by atoms with Gasteiger partial charge in [0.15, 0.2) is 28.8 Å². The van der Waals surface area contributed by atoms with Crippen LogP contribution in [0.1, 0.15) is 31.1 Å². The maximum Gasteiger partial charge on any atom is 0.256 e. The normalized spacial score (nSPS) is 13.2. The molecule has 3 heterocycles. The first-order valence-electron chi connectivity index (χ1n) is 10.1. The molecule has 0 unspecified atom stereocenters. The van der Waals surface area contributed by atoms with Crippen LogP contribution in [0.2, 0.25) is 0 Å². The average molecular weight is 446 g/mol. The van der Waals surface area contributed by atoms with Crippen molar-refractivity contribution in [2.75, 3.05) is 37.4 Å². The van der Waals surface area contributed by atoms with Crippen LogP contribution in [-0.2, 0) is 0 Å². The van der Waals surface area contributed by atoms with Gasteiger partial charge in [-0.2, -0.15) is 9.61 Å². The van der Waals surface area contributed by atoms with E-state index < -0.39 is 11.6 Å². The third kappa shape index (κ3) is 4.10. The lowest BCUT2D eigenvalue weighted by atomic mass is 9.97. The summed E-state index contributed by atoms with van der Waals surface area (Å²) in [6.07, 6.45) is 1.41. The van der Waals surface area contributed by atoms with E-state index in [-0.39, 0.29) is 58.8 Å². The van der Waals surface area contributed by atoms with Crippen molar-refractivity contribution in [3.63, 3.8) is 0 Å². The number of rotatable bonds is 5. The number of carbonyl (C=O) groups excluding carboxylic acids is 1. The number of anilines is 3. The van der Waals surface area contributed by atoms with Gasteiger partial charge >= 0.3 is 0 Å². The van der Waals surface area contributed by atoms with Crippen molar-refractivity contribution in [3.8, 4) is 11.5 Å². The van der Waals surface area contributed by atoms with E-state index in [4.69, 9.17) is 9.47 Å². The van der Waals surface area contributed by atoms with Gasteiger partial charge in [0.1, 0.15) is 36.1 Å². The van der Waals surface area contributed by atoms with Gasteiger partial charge < -0.3 is 25.4 Å². The van der Waals surface area contributed by atoms with Crippen LogP contribution in [0.5, 0.6) is 11.5 Å². The van der Waals surface area contributed by atoms with E-state index >= 15 is 0 Å². The van der Waals surface area contributed by atoms with Gasteiger partial charge in [-0.15, -0.1) is 0 Å². The Morgan fingerprint density at radius 2 is 1.97 bits per heavy atom. The second-order valence-corrected chi connectivity index (χ2v) is 8.51. The summed E-state index contributed by atoms with van der Waals surface area (Å²) in [5.41, 5.74) is 0.145. The maximum absolute atomic E-state index is 14.6. The van der Waals surface area contributed by atoms with Crippen LogP contribution in [0, 0.1) is 17.0 Å². The molecule has 0 atom stereocenters. The minimum absolute atomic E-state index is 0.0551. The van der Waals surface area contributed by atoms with Gasteiger partial charge in [0, 0.05) is 25.7 Å². The Hall–Kier alpha value is -3.63. The van der Waals surface area contributed by atoms with Crippen molar-refractivity contribution in [1.29, 1.82) is 0 Å². The summed E-state index contributed by atoms with van der Waals surface area (Å²) in [4.78, 5) is 17.2.